The van der Waals surface area contributed by atoms with E-state index in [4.69, 9.17) is 4.74 Å². The van der Waals surface area contributed by atoms with E-state index in [2.05, 4.69) is 0 Å². The van der Waals surface area contributed by atoms with Gasteiger partial charge in [0.25, 0.3) is 0 Å². The second kappa shape index (κ2) is 7.09. The molecule has 27 heavy (non-hydrogen) atoms. The molecule has 12 heteroatoms. The summed E-state index contributed by atoms with van der Waals surface area (Å²) in [6.07, 6.45) is 1.28. The van der Waals surface area contributed by atoms with Crippen LogP contribution in [0.25, 0.3) is 0 Å². The monoisotopic (exact) mass is 426 g/mol. The van der Waals surface area contributed by atoms with Gasteiger partial charge < -0.3 is 14.4 Å². The minimum absolute atomic E-state index is 0. The molecular formula is C15H19F4NaO6S. The van der Waals surface area contributed by atoms with E-state index in [-0.39, 0.29) is 47.8 Å². The van der Waals surface area contributed by atoms with Crippen molar-refractivity contribution in [1.82, 2.24) is 0 Å². The van der Waals surface area contributed by atoms with Crippen LogP contribution in [0.4, 0.5) is 17.6 Å². The molecule has 4 aliphatic carbocycles. The molecule has 2 atom stereocenters. The van der Waals surface area contributed by atoms with Gasteiger partial charge in [0, 0.05) is 0 Å². The normalized spacial score (nSPS) is 35.6. The van der Waals surface area contributed by atoms with Crippen LogP contribution in [0.3, 0.4) is 0 Å². The molecule has 6 nitrogen and oxygen atoms in total. The van der Waals surface area contributed by atoms with Gasteiger partial charge in [0.2, 0.25) is 0 Å². The van der Waals surface area contributed by atoms with Gasteiger partial charge in [0.05, 0.1) is 24.0 Å². The molecule has 0 aromatic carbocycles. The zero-order valence-corrected chi connectivity index (χ0v) is 17.5. The van der Waals surface area contributed by atoms with Crippen molar-refractivity contribution in [3.8, 4) is 0 Å². The van der Waals surface area contributed by atoms with Gasteiger partial charge in [0.1, 0.15) is 0 Å². The molecule has 0 spiro atoms. The summed E-state index contributed by atoms with van der Waals surface area (Å²) in [7, 11) is -6.56. The molecule has 1 N–H and O–H groups in total. The third-order valence-corrected chi connectivity index (χ3v) is 6.78. The quantitative estimate of drug-likeness (QED) is 0.254. The van der Waals surface area contributed by atoms with E-state index in [0.29, 0.717) is 25.7 Å². The van der Waals surface area contributed by atoms with Gasteiger partial charge >= 0.3 is 46.7 Å². The van der Waals surface area contributed by atoms with Gasteiger partial charge in [-0.3, -0.25) is 4.79 Å². The molecule has 0 aromatic heterocycles. The van der Waals surface area contributed by atoms with Crippen molar-refractivity contribution in [2.75, 3.05) is 6.61 Å². The Morgan fingerprint density at radius 2 is 1.67 bits per heavy atom. The Balaban J connectivity index is 0.00000261. The number of carbonyl (C=O) groups excluding carboxylic acids is 1. The van der Waals surface area contributed by atoms with E-state index in [9.17, 15) is 40.4 Å². The first-order valence-electron chi connectivity index (χ1n) is 8.30. The third kappa shape index (κ3) is 4.05. The number of ether oxygens (including phenoxy) is 1. The van der Waals surface area contributed by atoms with Crippen molar-refractivity contribution in [3.05, 3.63) is 0 Å². The fourth-order valence-electron chi connectivity index (χ4n) is 5.21. The second-order valence-electron chi connectivity index (χ2n) is 8.03. The first kappa shape index (κ1) is 23.3. The maximum absolute atomic E-state index is 13.4. The van der Waals surface area contributed by atoms with Gasteiger partial charge in [0.15, 0.2) is 10.1 Å². The van der Waals surface area contributed by atoms with Crippen LogP contribution in [-0.2, 0) is 19.6 Å². The smallest absolute Gasteiger partial charge is 0.743 e. The maximum Gasteiger partial charge on any atom is 1.00 e. The summed E-state index contributed by atoms with van der Waals surface area (Å²) in [6.45, 7) is -1.15. The Hall–Kier alpha value is 0.0600. The molecule has 4 saturated carbocycles. The van der Waals surface area contributed by atoms with E-state index in [1.807, 2.05) is 0 Å². The number of carbonyl (C=O) groups is 1. The van der Waals surface area contributed by atoms with Crippen molar-refractivity contribution in [2.24, 2.45) is 17.3 Å². The van der Waals surface area contributed by atoms with Crippen LogP contribution >= 0.6 is 0 Å². The minimum atomic E-state index is -6.56. The molecular weight excluding hydrogens is 407 g/mol. The topological polar surface area (TPSA) is 104 Å². The first-order valence-corrected chi connectivity index (χ1v) is 9.71. The zero-order chi connectivity index (χ0) is 19.6. The predicted octanol–water partition coefficient (Wildman–Crippen LogP) is -0.972. The number of esters is 1. The number of alkyl halides is 4. The fourth-order valence-corrected chi connectivity index (χ4v) is 5.67. The van der Waals surface area contributed by atoms with E-state index >= 15 is 0 Å². The Morgan fingerprint density at radius 3 is 2.11 bits per heavy atom. The number of halogens is 4. The van der Waals surface area contributed by atoms with E-state index < -0.39 is 51.3 Å². The maximum atomic E-state index is 13.4. The fraction of sp³-hybridized carbons (Fsp3) is 0.933. The predicted molar refractivity (Wildman–Crippen MR) is 77.2 cm³/mol. The summed E-state index contributed by atoms with van der Waals surface area (Å²) in [4.78, 5) is 12.4. The zero-order valence-electron chi connectivity index (χ0n) is 14.7. The van der Waals surface area contributed by atoms with Crippen LogP contribution in [0.5, 0.6) is 0 Å². The van der Waals surface area contributed by atoms with Crippen molar-refractivity contribution >= 4 is 16.1 Å². The van der Waals surface area contributed by atoms with E-state index in [1.165, 1.54) is 0 Å². The number of rotatable bonds is 6. The summed E-state index contributed by atoms with van der Waals surface area (Å²) in [5, 5.41) is 4.75. The molecule has 0 heterocycles. The van der Waals surface area contributed by atoms with E-state index in [1.54, 1.807) is 0 Å². The van der Waals surface area contributed by atoms with Crippen molar-refractivity contribution in [1.29, 1.82) is 0 Å². The number of hydrogen-bond acceptors (Lipinski definition) is 6. The van der Waals surface area contributed by atoms with Crippen LogP contribution in [0.2, 0.25) is 0 Å². The molecule has 0 aromatic rings. The first-order chi connectivity index (χ1) is 11.7. The largest absolute Gasteiger partial charge is 1.00 e. The van der Waals surface area contributed by atoms with Crippen LogP contribution in [0.15, 0.2) is 0 Å². The van der Waals surface area contributed by atoms with E-state index in [0.717, 1.165) is 6.42 Å². The Morgan fingerprint density at radius 1 is 1.15 bits per heavy atom. The molecule has 4 bridgehead atoms. The summed E-state index contributed by atoms with van der Waals surface area (Å²) >= 11 is 0. The molecule has 4 aliphatic rings. The van der Waals surface area contributed by atoms with Crippen molar-refractivity contribution in [3.63, 3.8) is 0 Å². The van der Waals surface area contributed by atoms with Crippen LogP contribution < -0.4 is 29.6 Å². The summed E-state index contributed by atoms with van der Waals surface area (Å²) < 4.78 is 88.7. The van der Waals surface area contributed by atoms with Crippen molar-refractivity contribution < 1.29 is 74.7 Å². The molecule has 4 rings (SSSR count). The Kier molecular flexibility index (Phi) is 6.13. The molecule has 0 saturated heterocycles. The third-order valence-electron chi connectivity index (χ3n) is 5.85. The molecule has 0 radical (unpaired) electrons. The average Bonchev–Trinajstić information content (AvgIpc) is 2.42. The Bertz CT molecular complexity index is 699. The average molecular weight is 426 g/mol. The van der Waals surface area contributed by atoms with Gasteiger partial charge in [-0.2, -0.15) is 17.6 Å². The van der Waals surface area contributed by atoms with Crippen molar-refractivity contribution in [2.45, 2.75) is 61.7 Å². The molecule has 150 valence electrons. The minimum Gasteiger partial charge on any atom is -0.743 e. The van der Waals surface area contributed by atoms with Crippen LogP contribution in [0.1, 0.15) is 44.9 Å². The molecule has 2 unspecified atom stereocenters. The van der Waals surface area contributed by atoms with Gasteiger partial charge in [-0.15, -0.1) is 0 Å². The summed E-state index contributed by atoms with van der Waals surface area (Å²) in [6, 6.07) is 0. The van der Waals surface area contributed by atoms with Crippen LogP contribution in [-0.4, -0.2) is 47.4 Å². The van der Waals surface area contributed by atoms with Gasteiger partial charge in [-0.1, -0.05) is 0 Å². The standard InChI is InChI=1S/C15H20F4O6S.Na/c16-14(17,15(18,19)26(22,23)24)1-2-25-11(20)12-4-9-3-10(5-12)7-13(21,6-9)8-12;/h9-10,21H,1-8H2,(H,22,23,24);/q;+1/p-1. The van der Waals surface area contributed by atoms with Gasteiger partial charge in [-0.25, -0.2) is 8.42 Å². The molecule has 4 fully saturated rings. The van der Waals surface area contributed by atoms with Gasteiger partial charge in [-0.05, 0) is 50.4 Å². The second-order valence-corrected chi connectivity index (χ2v) is 9.45. The number of hydrogen-bond donors (Lipinski definition) is 1. The Labute approximate surface area is 176 Å². The SMILES string of the molecule is O=C(OCCC(F)(F)C(F)(F)S(=O)(=O)[O-])C12CC3CC(CC(O)(C3)C1)C2.[Na+]. The molecule has 0 aliphatic heterocycles. The summed E-state index contributed by atoms with van der Waals surface area (Å²) in [5.41, 5.74) is -2.00. The number of aliphatic hydroxyl groups is 1. The van der Waals surface area contributed by atoms with Crippen LogP contribution in [0, 0.1) is 17.3 Å². The summed E-state index contributed by atoms with van der Waals surface area (Å²) in [5.74, 6) is -5.74. The molecule has 0 amide bonds.